The average Bonchev–Trinajstić information content (AvgIpc) is 3.55. The molecule has 0 aromatic carbocycles. The summed E-state index contributed by atoms with van der Waals surface area (Å²) >= 11 is 0. The minimum Gasteiger partial charge on any atom is -0.290 e. The third-order valence-electron chi connectivity index (χ3n) is 8.00. The van der Waals surface area contributed by atoms with Crippen LogP contribution in [0.3, 0.4) is 0 Å². The summed E-state index contributed by atoms with van der Waals surface area (Å²) in [6.07, 6.45) is 23.1. The Morgan fingerprint density at radius 2 is 0.788 bits per heavy atom. The van der Waals surface area contributed by atoms with Gasteiger partial charge in [0.25, 0.3) is 0 Å². The summed E-state index contributed by atoms with van der Waals surface area (Å²) in [6, 6.07) is 1.32. The first-order valence-corrected chi connectivity index (χ1v) is 15.2. The van der Waals surface area contributed by atoms with E-state index in [2.05, 4.69) is 56.0 Å². The van der Waals surface area contributed by atoms with Crippen LogP contribution in [0.15, 0.2) is 0 Å². The van der Waals surface area contributed by atoms with Crippen LogP contribution in [0.4, 0.5) is 0 Å². The Balaban J connectivity index is 2.09. The zero-order valence-corrected chi connectivity index (χ0v) is 23.8. The van der Waals surface area contributed by atoms with Crippen molar-refractivity contribution < 1.29 is 4.58 Å². The summed E-state index contributed by atoms with van der Waals surface area (Å²) in [5.74, 6) is 0. The highest BCUT2D eigenvalue weighted by molar-refractivity contribution is 6.08. The second kappa shape index (κ2) is 19.8. The molecule has 1 aliphatic carbocycles. The second-order valence-electron chi connectivity index (χ2n) is 10.5. The molecule has 1 saturated carbocycles. The first kappa shape index (κ1) is 30.6. The molecule has 0 amide bonds. The molecule has 0 spiro atoms. The van der Waals surface area contributed by atoms with Crippen molar-refractivity contribution in [2.24, 2.45) is 0 Å². The summed E-state index contributed by atoms with van der Waals surface area (Å²) in [5.41, 5.74) is 1.68. The zero-order chi connectivity index (χ0) is 24.3. The van der Waals surface area contributed by atoms with Gasteiger partial charge in [-0.05, 0) is 32.6 Å². The number of hydrogen-bond donors (Lipinski definition) is 0. The van der Waals surface area contributed by atoms with E-state index in [-0.39, 0.29) is 0 Å². The molecule has 0 N–H and O–H groups in total. The first-order chi connectivity index (χ1) is 16.2. The Hall–Kier alpha value is -0.410. The standard InChI is InChI=1S/C30H62N3/c1-7-12-13-14-15-16-17-18-19-20-21-22-23-24-25-26-27-31(6)28-29(32(8-2)9-3)30(28)33(10-4)11-5/h29-30H,7-27H2,1-6H3/q+1. The van der Waals surface area contributed by atoms with E-state index >= 15 is 0 Å². The highest BCUT2D eigenvalue weighted by Gasteiger charge is 2.58. The quantitative estimate of drug-likeness (QED) is 0.113. The molecule has 0 aromatic rings. The van der Waals surface area contributed by atoms with Crippen LogP contribution < -0.4 is 0 Å². The van der Waals surface area contributed by atoms with Gasteiger partial charge in [-0.2, -0.15) is 0 Å². The maximum absolute atomic E-state index is 2.66. The molecular weight excluding hydrogens is 402 g/mol. The molecule has 196 valence electrons. The van der Waals surface area contributed by atoms with Gasteiger partial charge in [0.1, 0.15) is 25.7 Å². The molecule has 0 aromatic heterocycles. The summed E-state index contributed by atoms with van der Waals surface area (Å²) in [6.45, 7) is 17.4. The number of hydrogen-bond acceptors (Lipinski definition) is 2. The lowest BCUT2D eigenvalue weighted by molar-refractivity contribution is -0.496. The molecule has 0 aliphatic heterocycles. The molecular formula is C30H62N3+. The molecule has 2 unspecified atom stereocenters. The minimum atomic E-state index is 0.658. The van der Waals surface area contributed by atoms with Gasteiger partial charge in [-0.25, -0.2) is 4.58 Å². The molecule has 2 atom stereocenters. The monoisotopic (exact) mass is 464 g/mol. The minimum absolute atomic E-state index is 0.658. The number of likely N-dealkylation sites (N-methyl/N-ethyl adjacent to an activating group) is 2. The van der Waals surface area contributed by atoms with Gasteiger partial charge in [-0.3, -0.25) is 9.80 Å². The highest BCUT2D eigenvalue weighted by Crippen LogP contribution is 2.30. The van der Waals surface area contributed by atoms with Crippen molar-refractivity contribution in [3.63, 3.8) is 0 Å². The molecule has 0 bridgehead atoms. The Kier molecular flexibility index (Phi) is 18.4. The fourth-order valence-corrected chi connectivity index (χ4v) is 5.71. The van der Waals surface area contributed by atoms with E-state index in [0.29, 0.717) is 12.1 Å². The highest BCUT2D eigenvalue weighted by atomic mass is 15.3. The first-order valence-electron chi connectivity index (χ1n) is 15.2. The lowest BCUT2D eigenvalue weighted by Crippen LogP contribution is -2.34. The van der Waals surface area contributed by atoms with Gasteiger partial charge in [0.05, 0.1) is 0 Å². The normalized spacial score (nSPS) is 18.0. The van der Waals surface area contributed by atoms with Crippen LogP contribution in [0.2, 0.25) is 0 Å². The Morgan fingerprint density at radius 1 is 0.485 bits per heavy atom. The molecule has 0 saturated heterocycles. The van der Waals surface area contributed by atoms with Crippen LogP contribution in [0.5, 0.6) is 0 Å². The van der Waals surface area contributed by atoms with Crippen LogP contribution in [-0.2, 0) is 0 Å². The van der Waals surface area contributed by atoms with E-state index in [1.165, 1.54) is 109 Å². The number of unbranched alkanes of at least 4 members (excludes halogenated alkanes) is 15. The third kappa shape index (κ3) is 12.2. The van der Waals surface area contributed by atoms with Crippen LogP contribution in [-0.4, -0.2) is 71.9 Å². The molecule has 3 nitrogen and oxygen atoms in total. The molecule has 3 heteroatoms. The molecule has 0 radical (unpaired) electrons. The third-order valence-corrected chi connectivity index (χ3v) is 8.00. The maximum atomic E-state index is 2.66. The number of nitrogens with zero attached hydrogens (tertiary/aromatic N) is 3. The van der Waals surface area contributed by atoms with Gasteiger partial charge in [0.15, 0.2) is 5.71 Å². The smallest absolute Gasteiger partial charge is 0.191 e. The van der Waals surface area contributed by atoms with Crippen LogP contribution >= 0.6 is 0 Å². The van der Waals surface area contributed by atoms with Crippen LogP contribution in [0.1, 0.15) is 137 Å². The van der Waals surface area contributed by atoms with Gasteiger partial charge >= 0.3 is 0 Å². The van der Waals surface area contributed by atoms with E-state index in [4.69, 9.17) is 0 Å². The molecule has 0 heterocycles. The molecule has 1 fully saturated rings. The topological polar surface area (TPSA) is 9.49 Å². The van der Waals surface area contributed by atoms with Crippen molar-refractivity contribution in [1.29, 1.82) is 0 Å². The zero-order valence-electron chi connectivity index (χ0n) is 23.8. The van der Waals surface area contributed by atoms with Gasteiger partial charge in [0.2, 0.25) is 0 Å². The Bertz CT molecular complexity index is 459. The molecule has 1 rings (SSSR count). The summed E-state index contributed by atoms with van der Waals surface area (Å²) in [5, 5.41) is 0. The fraction of sp³-hybridized carbons (Fsp3) is 0.967. The van der Waals surface area contributed by atoms with Gasteiger partial charge in [0, 0.05) is 6.42 Å². The van der Waals surface area contributed by atoms with Gasteiger partial charge in [-0.15, -0.1) is 0 Å². The van der Waals surface area contributed by atoms with Crippen molar-refractivity contribution in [3.05, 3.63) is 0 Å². The van der Waals surface area contributed by atoms with Gasteiger partial charge in [-0.1, -0.05) is 125 Å². The van der Waals surface area contributed by atoms with Crippen LogP contribution in [0, 0.1) is 0 Å². The lowest BCUT2D eigenvalue weighted by Gasteiger charge is -2.20. The van der Waals surface area contributed by atoms with Crippen LogP contribution in [0.25, 0.3) is 0 Å². The predicted octanol–water partition coefficient (Wildman–Crippen LogP) is 7.77. The van der Waals surface area contributed by atoms with Crippen molar-refractivity contribution in [2.45, 2.75) is 149 Å². The largest absolute Gasteiger partial charge is 0.290 e. The fourth-order valence-electron chi connectivity index (χ4n) is 5.71. The molecule has 1 aliphatic rings. The average molecular weight is 465 g/mol. The lowest BCUT2D eigenvalue weighted by atomic mass is 10.0. The van der Waals surface area contributed by atoms with E-state index in [9.17, 15) is 0 Å². The summed E-state index contributed by atoms with van der Waals surface area (Å²) in [4.78, 5) is 5.31. The van der Waals surface area contributed by atoms with Gasteiger partial charge < -0.3 is 0 Å². The number of rotatable bonds is 23. The second-order valence-corrected chi connectivity index (χ2v) is 10.5. The van der Waals surface area contributed by atoms with E-state index in [1.807, 2.05) is 0 Å². The Labute approximate surface area is 209 Å². The summed E-state index contributed by atoms with van der Waals surface area (Å²) in [7, 11) is 2.35. The maximum Gasteiger partial charge on any atom is 0.191 e. The van der Waals surface area contributed by atoms with Crippen molar-refractivity contribution in [3.8, 4) is 0 Å². The van der Waals surface area contributed by atoms with E-state index in [1.54, 1.807) is 5.71 Å². The SMILES string of the molecule is CCCCCCCCCCCCCCCCCC[N+](C)=C1C(N(CC)CC)C1N(CC)CC. The molecule has 33 heavy (non-hydrogen) atoms. The van der Waals surface area contributed by atoms with E-state index < -0.39 is 0 Å². The van der Waals surface area contributed by atoms with Crippen molar-refractivity contribution in [1.82, 2.24) is 9.80 Å². The summed E-state index contributed by atoms with van der Waals surface area (Å²) < 4.78 is 2.61. The predicted molar refractivity (Wildman–Crippen MR) is 149 cm³/mol. The Morgan fingerprint density at radius 3 is 1.09 bits per heavy atom. The van der Waals surface area contributed by atoms with Crippen molar-refractivity contribution >= 4 is 5.71 Å². The van der Waals surface area contributed by atoms with Crippen molar-refractivity contribution in [2.75, 3.05) is 39.8 Å². The van der Waals surface area contributed by atoms with E-state index in [0.717, 1.165) is 26.2 Å².